The lowest BCUT2D eigenvalue weighted by Gasteiger charge is -2.16. The van der Waals surface area contributed by atoms with Crippen LogP contribution in [0.15, 0.2) is 57.9 Å². The lowest BCUT2D eigenvalue weighted by atomic mass is 10.1. The van der Waals surface area contributed by atoms with E-state index in [4.69, 9.17) is 9.68 Å². The molecule has 1 atom stereocenters. The van der Waals surface area contributed by atoms with Gasteiger partial charge in [0.25, 0.3) is 0 Å². The van der Waals surface area contributed by atoms with Crippen LogP contribution >= 0.6 is 0 Å². The second kappa shape index (κ2) is 8.37. The third-order valence-electron chi connectivity index (χ3n) is 4.15. The molecule has 1 heterocycles. The Hall–Kier alpha value is -3.33. The van der Waals surface area contributed by atoms with Gasteiger partial charge in [-0.1, -0.05) is 18.2 Å². The summed E-state index contributed by atoms with van der Waals surface area (Å²) in [6, 6.07) is 16.0. The molecule has 0 radical (unpaired) electrons. The van der Waals surface area contributed by atoms with E-state index in [1.807, 2.05) is 50.2 Å². The van der Waals surface area contributed by atoms with Crippen LogP contribution in [0.4, 0.5) is 4.39 Å². The summed E-state index contributed by atoms with van der Waals surface area (Å²) in [7, 11) is 0. The second-order valence-electron chi connectivity index (χ2n) is 6.17. The fourth-order valence-corrected chi connectivity index (χ4v) is 2.74. The third-order valence-corrected chi connectivity index (χ3v) is 4.15. The fraction of sp³-hybridized carbons (Fsp3) is 0.238. The van der Waals surface area contributed by atoms with Gasteiger partial charge in [-0.25, -0.2) is 9.38 Å². The number of hydrogen-bond donors (Lipinski definition) is 2. The largest absolute Gasteiger partial charge is 0.459 e. The Kier molecular flexibility index (Phi) is 5.72. The van der Waals surface area contributed by atoms with Gasteiger partial charge in [-0.3, -0.25) is 0 Å². The van der Waals surface area contributed by atoms with Crippen LogP contribution in [-0.4, -0.2) is 12.5 Å². The summed E-state index contributed by atoms with van der Waals surface area (Å²) in [5.74, 6) is 0.964. The van der Waals surface area contributed by atoms with Crippen LogP contribution in [0.3, 0.4) is 0 Å². The van der Waals surface area contributed by atoms with E-state index in [0.717, 1.165) is 16.7 Å². The van der Waals surface area contributed by atoms with E-state index < -0.39 is 0 Å². The normalized spacial score (nSPS) is 12.6. The Morgan fingerprint density at radius 2 is 2.07 bits per heavy atom. The minimum absolute atomic E-state index is 0.120. The summed E-state index contributed by atoms with van der Waals surface area (Å²) < 4.78 is 19.8. The first kappa shape index (κ1) is 18.5. The van der Waals surface area contributed by atoms with Crippen LogP contribution in [0, 0.1) is 17.1 Å². The summed E-state index contributed by atoms with van der Waals surface area (Å²) in [6.07, 6.45) is 0. The molecule has 3 aromatic rings. The molecule has 1 aromatic heterocycles. The van der Waals surface area contributed by atoms with Crippen LogP contribution in [0.2, 0.25) is 0 Å². The zero-order valence-corrected chi connectivity index (χ0v) is 15.3. The van der Waals surface area contributed by atoms with Crippen molar-refractivity contribution in [2.75, 3.05) is 6.54 Å². The monoisotopic (exact) mass is 364 g/mol. The Morgan fingerprint density at radius 1 is 1.26 bits per heavy atom. The van der Waals surface area contributed by atoms with Crippen molar-refractivity contribution >= 4 is 16.9 Å². The van der Waals surface area contributed by atoms with E-state index in [-0.39, 0.29) is 18.4 Å². The van der Waals surface area contributed by atoms with Gasteiger partial charge >= 0.3 is 0 Å². The molecule has 0 spiro atoms. The maximum absolute atomic E-state index is 14.0. The molecule has 27 heavy (non-hydrogen) atoms. The van der Waals surface area contributed by atoms with Crippen molar-refractivity contribution < 1.29 is 8.81 Å². The van der Waals surface area contributed by atoms with Gasteiger partial charge < -0.3 is 15.1 Å². The number of guanidine groups is 1. The Bertz CT molecular complexity index is 970. The lowest BCUT2D eigenvalue weighted by molar-refractivity contribution is 0.488. The van der Waals surface area contributed by atoms with Gasteiger partial charge in [0.15, 0.2) is 5.96 Å². The van der Waals surface area contributed by atoms with E-state index in [1.54, 1.807) is 0 Å². The first-order chi connectivity index (χ1) is 13.1. The topological polar surface area (TPSA) is 73.3 Å². The second-order valence-corrected chi connectivity index (χ2v) is 6.17. The highest BCUT2D eigenvalue weighted by Gasteiger charge is 2.13. The number of para-hydroxylation sites is 1. The maximum atomic E-state index is 14.0. The van der Waals surface area contributed by atoms with Crippen molar-refractivity contribution in [3.63, 3.8) is 0 Å². The summed E-state index contributed by atoms with van der Waals surface area (Å²) in [4.78, 5) is 4.44. The van der Waals surface area contributed by atoms with Crippen molar-refractivity contribution in [3.05, 3.63) is 71.2 Å². The number of rotatable bonds is 5. The molecule has 2 aromatic carbocycles. The standard InChI is InChI=1S/C21H21FN4O/c1-3-24-21(25-13-17-10-15(12-23)8-9-18(17)22)26-14(2)20-11-16-6-4-5-7-19(16)27-20/h4-11,14H,3,13H2,1-2H3,(H2,24,25,26). The van der Waals surface area contributed by atoms with E-state index >= 15 is 0 Å². The number of fused-ring (bicyclic) bond motifs is 1. The van der Waals surface area contributed by atoms with Gasteiger partial charge in [-0.2, -0.15) is 5.26 Å². The number of halogens is 1. The van der Waals surface area contributed by atoms with Crippen LogP contribution in [0.1, 0.15) is 36.8 Å². The third kappa shape index (κ3) is 4.45. The van der Waals surface area contributed by atoms with E-state index in [0.29, 0.717) is 23.6 Å². The molecule has 0 aliphatic rings. The predicted octanol–water partition coefficient (Wildman–Crippen LogP) is 4.26. The van der Waals surface area contributed by atoms with Gasteiger partial charge in [0.05, 0.1) is 24.2 Å². The van der Waals surface area contributed by atoms with Crippen LogP contribution in [-0.2, 0) is 6.54 Å². The quantitative estimate of drug-likeness (QED) is 0.524. The lowest BCUT2D eigenvalue weighted by Crippen LogP contribution is -2.38. The Balaban J connectivity index is 1.76. The fourth-order valence-electron chi connectivity index (χ4n) is 2.74. The van der Waals surface area contributed by atoms with Crippen LogP contribution < -0.4 is 10.6 Å². The number of aliphatic imine (C=N–C) groups is 1. The average Bonchev–Trinajstić information content (AvgIpc) is 3.11. The summed E-state index contributed by atoms with van der Waals surface area (Å²) in [6.45, 7) is 4.73. The van der Waals surface area contributed by atoms with Gasteiger partial charge in [0.2, 0.25) is 0 Å². The van der Waals surface area contributed by atoms with Crippen molar-refractivity contribution in [2.24, 2.45) is 4.99 Å². The summed E-state index contributed by atoms with van der Waals surface area (Å²) >= 11 is 0. The molecular weight excluding hydrogens is 343 g/mol. The number of nitrogens with one attached hydrogen (secondary N) is 2. The molecule has 1 unspecified atom stereocenters. The maximum Gasteiger partial charge on any atom is 0.192 e. The molecule has 0 aliphatic carbocycles. The predicted molar refractivity (Wildman–Crippen MR) is 104 cm³/mol. The van der Waals surface area contributed by atoms with Crippen molar-refractivity contribution in [1.82, 2.24) is 10.6 Å². The minimum Gasteiger partial charge on any atom is -0.459 e. The van der Waals surface area contributed by atoms with E-state index in [9.17, 15) is 4.39 Å². The minimum atomic E-state index is -0.376. The number of nitriles is 1. The number of nitrogens with zero attached hydrogens (tertiary/aromatic N) is 2. The summed E-state index contributed by atoms with van der Waals surface area (Å²) in [5.41, 5.74) is 1.62. The SMILES string of the molecule is CCNC(=NCc1cc(C#N)ccc1F)NC(C)c1cc2ccccc2o1. The molecule has 3 rings (SSSR count). The van der Waals surface area contributed by atoms with Crippen molar-refractivity contribution in [1.29, 1.82) is 5.26 Å². The smallest absolute Gasteiger partial charge is 0.192 e. The van der Waals surface area contributed by atoms with Crippen molar-refractivity contribution in [2.45, 2.75) is 26.4 Å². The van der Waals surface area contributed by atoms with E-state index in [1.165, 1.54) is 18.2 Å². The highest BCUT2D eigenvalue weighted by atomic mass is 19.1. The first-order valence-corrected chi connectivity index (χ1v) is 8.82. The number of furan rings is 1. The molecule has 6 heteroatoms. The molecule has 5 nitrogen and oxygen atoms in total. The molecule has 0 saturated carbocycles. The van der Waals surface area contributed by atoms with Gasteiger partial charge in [0.1, 0.15) is 17.2 Å². The molecule has 0 aliphatic heterocycles. The van der Waals surface area contributed by atoms with Gasteiger partial charge in [-0.05, 0) is 44.2 Å². The first-order valence-electron chi connectivity index (χ1n) is 8.82. The average molecular weight is 364 g/mol. The highest BCUT2D eigenvalue weighted by molar-refractivity contribution is 5.81. The number of benzene rings is 2. The summed E-state index contributed by atoms with van der Waals surface area (Å²) in [5, 5.41) is 16.4. The van der Waals surface area contributed by atoms with E-state index in [2.05, 4.69) is 15.6 Å². The molecule has 0 amide bonds. The zero-order chi connectivity index (χ0) is 19.2. The Labute approximate surface area is 157 Å². The molecule has 0 bridgehead atoms. The Morgan fingerprint density at radius 3 is 2.81 bits per heavy atom. The van der Waals surface area contributed by atoms with Gasteiger partial charge in [-0.15, -0.1) is 0 Å². The van der Waals surface area contributed by atoms with Crippen molar-refractivity contribution in [3.8, 4) is 6.07 Å². The molecule has 0 fully saturated rings. The van der Waals surface area contributed by atoms with Crippen LogP contribution in [0.5, 0.6) is 0 Å². The van der Waals surface area contributed by atoms with Crippen LogP contribution in [0.25, 0.3) is 11.0 Å². The molecule has 0 saturated heterocycles. The number of hydrogen-bond acceptors (Lipinski definition) is 3. The van der Waals surface area contributed by atoms with Gasteiger partial charge in [0, 0.05) is 17.5 Å². The molecule has 2 N–H and O–H groups in total. The molecule has 138 valence electrons. The highest BCUT2D eigenvalue weighted by Crippen LogP contribution is 2.23. The zero-order valence-electron chi connectivity index (χ0n) is 15.3. The molecular formula is C21H21FN4O.